The third-order valence-electron chi connectivity index (χ3n) is 2.33. The van der Waals surface area contributed by atoms with E-state index in [0.717, 1.165) is 15.7 Å². The third-order valence-corrected chi connectivity index (χ3v) is 2.83. The number of H-pyrrole nitrogens is 1. The van der Waals surface area contributed by atoms with E-state index in [1.165, 1.54) is 6.07 Å². The monoisotopic (exact) mass is 283 g/mol. The van der Waals surface area contributed by atoms with Crippen molar-refractivity contribution in [1.82, 2.24) is 10.2 Å². The summed E-state index contributed by atoms with van der Waals surface area (Å²) in [5.74, 6) is -0.260. The Kier molecular flexibility index (Phi) is 3.24. The average Bonchev–Trinajstić information content (AvgIpc) is 2.66. The van der Waals surface area contributed by atoms with Crippen LogP contribution in [0.3, 0.4) is 0 Å². The standard InChI is InChI=1S/C11H11BrFN3/c1-7-8(6-15-16-7)5-14-11-4-9(12)2-3-10(11)13/h2-4,6,14H,5H2,1H3,(H,15,16). The van der Waals surface area contributed by atoms with Crippen molar-refractivity contribution >= 4 is 21.6 Å². The summed E-state index contributed by atoms with van der Waals surface area (Å²) < 4.78 is 14.2. The zero-order chi connectivity index (χ0) is 11.5. The Morgan fingerprint density at radius 2 is 2.31 bits per heavy atom. The molecule has 2 aromatic rings. The van der Waals surface area contributed by atoms with E-state index in [4.69, 9.17) is 0 Å². The highest BCUT2D eigenvalue weighted by molar-refractivity contribution is 9.10. The number of anilines is 1. The summed E-state index contributed by atoms with van der Waals surface area (Å²) in [6.45, 7) is 2.48. The molecule has 0 aliphatic heterocycles. The van der Waals surface area contributed by atoms with Gasteiger partial charge in [-0.2, -0.15) is 5.10 Å². The van der Waals surface area contributed by atoms with Crippen molar-refractivity contribution in [3.8, 4) is 0 Å². The van der Waals surface area contributed by atoms with Gasteiger partial charge in [0.2, 0.25) is 0 Å². The van der Waals surface area contributed by atoms with Gasteiger partial charge >= 0.3 is 0 Å². The lowest BCUT2D eigenvalue weighted by Gasteiger charge is -2.07. The number of aromatic amines is 1. The van der Waals surface area contributed by atoms with E-state index in [-0.39, 0.29) is 5.82 Å². The molecular weight excluding hydrogens is 273 g/mol. The summed E-state index contributed by atoms with van der Waals surface area (Å²) >= 11 is 3.30. The van der Waals surface area contributed by atoms with E-state index in [1.807, 2.05) is 6.92 Å². The van der Waals surface area contributed by atoms with Crippen molar-refractivity contribution in [2.24, 2.45) is 0 Å². The molecule has 0 atom stereocenters. The van der Waals surface area contributed by atoms with Crippen LogP contribution in [-0.4, -0.2) is 10.2 Å². The number of nitrogens with zero attached hydrogens (tertiary/aromatic N) is 1. The summed E-state index contributed by atoms with van der Waals surface area (Å²) in [5, 5.41) is 9.78. The zero-order valence-electron chi connectivity index (χ0n) is 8.72. The largest absolute Gasteiger partial charge is 0.378 e. The van der Waals surface area contributed by atoms with Gasteiger partial charge in [-0.25, -0.2) is 4.39 Å². The maximum atomic E-state index is 13.4. The first kappa shape index (κ1) is 11.1. The van der Waals surface area contributed by atoms with Gasteiger partial charge in [-0.15, -0.1) is 0 Å². The minimum absolute atomic E-state index is 0.260. The Hall–Kier alpha value is -1.36. The molecule has 0 fully saturated rings. The SMILES string of the molecule is Cc1[nH]ncc1CNc1cc(Br)ccc1F. The van der Waals surface area contributed by atoms with Crippen LogP contribution in [-0.2, 0) is 6.54 Å². The van der Waals surface area contributed by atoms with E-state index in [1.54, 1.807) is 18.3 Å². The molecule has 5 heteroatoms. The molecule has 1 aromatic carbocycles. The number of hydrogen-bond donors (Lipinski definition) is 2. The molecule has 16 heavy (non-hydrogen) atoms. The van der Waals surface area contributed by atoms with Gasteiger partial charge in [0, 0.05) is 22.3 Å². The second-order valence-corrected chi connectivity index (χ2v) is 4.41. The summed E-state index contributed by atoms with van der Waals surface area (Å²) in [5.41, 5.74) is 2.50. The maximum Gasteiger partial charge on any atom is 0.146 e. The number of hydrogen-bond acceptors (Lipinski definition) is 2. The molecule has 3 nitrogen and oxygen atoms in total. The summed E-state index contributed by atoms with van der Waals surface area (Å²) in [6, 6.07) is 4.81. The second-order valence-electron chi connectivity index (χ2n) is 3.50. The fourth-order valence-corrected chi connectivity index (χ4v) is 1.74. The molecule has 84 valence electrons. The number of aromatic nitrogens is 2. The Balaban J connectivity index is 2.10. The van der Waals surface area contributed by atoms with E-state index >= 15 is 0 Å². The molecule has 0 spiro atoms. The van der Waals surface area contributed by atoms with E-state index in [2.05, 4.69) is 31.4 Å². The van der Waals surface area contributed by atoms with Crippen LogP contribution < -0.4 is 5.32 Å². The minimum atomic E-state index is -0.260. The molecule has 2 rings (SSSR count). The van der Waals surface area contributed by atoms with Crippen LogP contribution in [0.2, 0.25) is 0 Å². The number of rotatable bonds is 3. The fourth-order valence-electron chi connectivity index (χ4n) is 1.38. The molecule has 0 aliphatic rings. The second kappa shape index (κ2) is 4.65. The van der Waals surface area contributed by atoms with Crippen LogP contribution in [0.5, 0.6) is 0 Å². The average molecular weight is 284 g/mol. The number of nitrogens with one attached hydrogen (secondary N) is 2. The fraction of sp³-hybridized carbons (Fsp3) is 0.182. The van der Waals surface area contributed by atoms with Crippen molar-refractivity contribution in [1.29, 1.82) is 0 Å². The van der Waals surface area contributed by atoms with Crippen molar-refractivity contribution < 1.29 is 4.39 Å². The highest BCUT2D eigenvalue weighted by Crippen LogP contribution is 2.20. The summed E-state index contributed by atoms with van der Waals surface area (Å²) in [6.07, 6.45) is 1.73. The highest BCUT2D eigenvalue weighted by Gasteiger charge is 2.04. The quantitative estimate of drug-likeness (QED) is 0.908. The summed E-state index contributed by atoms with van der Waals surface area (Å²) in [7, 11) is 0. The first-order valence-electron chi connectivity index (χ1n) is 4.84. The van der Waals surface area contributed by atoms with E-state index in [9.17, 15) is 4.39 Å². The molecule has 0 bridgehead atoms. The third kappa shape index (κ3) is 2.41. The first-order valence-corrected chi connectivity index (χ1v) is 5.64. The van der Waals surface area contributed by atoms with Gasteiger partial charge in [0.25, 0.3) is 0 Å². The molecule has 0 amide bonds. The van der Waals surface area contributed by atoms with Crippen LogP contribution >= 0.6 is 15.9 Å². The smallest absolute Gasteiger partial charge is 0.146 e. The Morgan fingerprint density at radius 3 is 3.00 bits per heavy atom. The van der Waals surface area contributed by atoms with Gasteiger partial charge in [0.05, 0.1) is 11.9 Å². The van der Waals surface area contributed by atoms with Gasteiger partial charge in [-0.1, -0.05) is 15.9 Å². The Bertz CT molecular complexity index is 496. The van der Waals surface area contributed by atoms with Crippen LogP contribution in [0.15, 0.2) is 28.9 Å². The topological polar surface area (TPSA) is 40.7 Å². The van der Waals surface area contributed by atoms with Gasteiger partial charge in [0.15, 0.2) is 0 Å². The molecule has 1 heterocycles. The molecular formula is C11H11BrFN3. The van der Waals surface area contributed by atoms with Crippen LogP contribution in [0.25, 0.3) is 0 Å². The molecule has 0 saturated carbocycles. The van der Waals surface area contributed by atoms with Gasteiger partial charge < -0.3 is 5.32 Å². The zero-order valence-corrected chi connectivity index (χ0v) is 10.3. The number of halogens is 2. The first-order chi connectivity index (χ1) is 7.66. The highest BCUT2D eigenvalue weighted by atomic mass is 79.9. The van der Waals surface area contributed by atoms with Crippen LogP contribution in [0.4, 0.5) is 10.1 Å². The maximum absolute atomic E-state index is 13.4. The lowest BCUT2D eigenvalue weighted by Crippen LogP contribution is -2.01. The van der Waals surface area contributed by atoms with Crippen LogP contribution in [0.1, 0.15) is 11.3 Å². The predicted molar refractivity (Wildman–Crippen MR) is 64.8 cm³/mol. The van der Waals surface area contributed by atoms with E-state index < -0.39 is 0 Å². The van der Waals surface area contributed by atoms with Gasteiger partial charge in [0.1, 0.15) is 5.82 Å². The minimum Gasteiger partial charge on any atom is -0.378 e. The predicted octanol–water partition coefficient (Wildman–Crippen LogP) is 3.23. The summed E-state index contributed by atoms with van der Waals surface area (Å²) in [4.78, 5) is 0. The van der Waals surface area contributed by atoms with Gasteiger partial charge in [-0.05, 0) is 25.1 Å². The number of aryl methyl sites for hydroxylation is 1. The van der Waals surface area contributed by atoms with Gasteiger partial charge in [-0.3, -0.25) is 5.10 Å². The number of benzene rings is 1. The lowest BCUT2D eigenvalue weighted by molar-refractivity contribution is 0.630. The van der Waals surface area contributed by atoms with Crippen LogP contribution in [0, 0.1) is 12.7 Å². The Morgan fingerprint density at radius 1 is 1.50 bits per heavy atom. The Labute approximate surface area is 101 Å². The van der Waals surface area contributed by atoms with Crippen molar-refractivity contribution in [2.75, 3.05) is 5.32 Å². The van der Waals surface area contributed by atoms with Crippen molar-refractivity contribution in [3.05, 3.63) is 45.9 Å². The normalized spacial score (nSPS) is 10.4. The van der Waals surface area contributed by atoms with E-state index in [0.29, 0.717) is 12.2 Å². The molecule has 0 radical (unpaired) electrons. The molecule has 0 aliphatic carbocycles. The van der Waals surface area contributed by atoms with Crippen molar-refractivity contribution in [2.45, 2.75) is 13.5 Å². The molecule has 0 saturated heterocycles. The lowest BCUT2D eigenvalue weighted by atomic mass is 10.2. The molecule has 0 unspecified atom stereocenters. The van der Waals surface area contributed by atoms with Crippen molar-refractivity contribution in [3.63, 3.8) is 0 Å². The molecule has 1 aromatic heterocycles. The molecule has 2 N–H and O–H groups in total.